The first kappa shape index (κ1) is 21.4. The third-order valence-electron chi connectivity index (χ3n) is 6.09. The minimum absolute atomic E-state index is 0.0289. The average molecular weight is 413 g/mol. The Morgan fingerprint density at radius 2 is 1.77 bits per heavy atom. The molecule has 2 aromatic carbocycles. The van der Waals surface area contributed by atoms with Crippen LogP contribution in [0.4, 0.5) is 16.2 Å². The Bertz CT molecular complexity index is 988. The van der Waals surface area contributed by atoms with Crippen molar-refractivity contribution in [1.29, 1.82) is 0 Å². The van der Waals surface area contributed by atoms with E-state index < -0.39 is 27.4 Å². The highest BCUT2D eigenvalue weighted by atomic mass is 16.6. The molecule has 158 valence electrons. The smallest absolute Gasteiger partial charge is 0.469 e. The largest absolute Gasteiger partial charge is 0.518 e. The van der Waals surface area contributed by atoms with Gasteiger partial charge in [-0.1, -0.05) is 18.2 Å². The molecule has 1 aliphatic heterocycles. The van der Waals surface area contributed by atoms with E-state index in [2.05, 4.69) is 0 Å². The second kappa shape index (κ2) is 8.23. The topological polar surface area (TPSA) is 107 Å². The zero-order chi connectivity index (χ0) is 22.1. The molecule has 1 fully saturated rings. The molecular weight excluding hydrogens is 388 g/mol. The molecule has 8 nitrogen and oxygen atoms in total. The van der Waals surface area contributed by atoms with Crippen LogP contribution in [0.15, 0.2) is 42.5 Å². The fourth-order valence-electron chi connectivity index (χ4n) is 4.25. The summed E-state index contributed by atoms with van der Waals surface area (Å²) in [6.45, 7) is 4.27. The van der Waals surface area contributed by atoms with Crippen molar-refractivity contribution in [2.24, 2.45) is 5.92 Å². The van der Waals surface area contributed by atoms with Gasteiger partial charge in [0.1, 0.15) is 24.7 Å². The van der Waals surface area contributed by atoms with Crippen LogP contribution >= 0.6 is 0 Å². The normalized spacial score (nSPS) is 23.6. The molecule has 3 rings (SSSR count). The number of hydrogen-bond donors (Lipinski definition) is 1. The van der Waals surface area contributed by atoms with Crippen molar-refractivity contribution in [2.75, 3.05) is 20.2 Å². The molecule has 1 N–H and O–H groups in total. The Labute approximate surface area is 174 Å². The zero-order valence-corrected chi connectivity index (χ0v) is 17.2. The van der Waals surface area contributed by atoms with Crippen LogP contribution in [0, 0.1) is 29.9 Å². The number of carboxylic acid groups (broad SMARTS) is 1. The number of quaternary nitrogens is 1. The van der Waals surface area contributed by atoms with Crippen molar-refractivity contribution in [3.63, 3.8) is 0 Å². The number of carbonyl (C=O) groups excluding carboxylic acids is 1. The van der Waals surface area contributed by atoms with E-state index in [1.807, 2.05) is 32.0 Å². The van der Waals surface area contributed by atoms with Gasteiger partial charge in [-0.15, -0.1) is 0 Å². The van der Waals surface area contributed by atoms with Crippen LogP contribution in [-0.2, 0) is 9.53 Å². The molecule has 1 amide bonds. The molecule has 0 spiro atoms. The summed E-state index contributed by atoms with van der Waals surface area (Å²) in [7, 11) is 1.29. The lowest BCUT2D eigenvalue weighted by Gasteiger charge is -2.42. The molecule has 1 heterocycles. The summed E-state index contributed by atoms with van der Waals surface area (Å²) in [5.74, 6) is -1.25. The Balaban J connectivity index is 2.09. The monoisotopic (exact) mass is 413 g/mol. The lowest BCUT2D eigenvalue weighted by atomic mass is 9.82. The number of nitro groups is 1. The van der Waals surface area contributed by atoms with Crippen molar-refractivity contribution in [3.05, 3.63) is 69.3 Å². The second-order valence-corrected chi connectivity index (χ2v) is 7.89. The highest BCUT2D eigenvalue weighted by molar-refractivity contribution is 5.83. The fraction of sp³-hybridized carbons (Fsp3) is 0.364. The molecule has 3 unspecified atom stereocenters. The number of piperidine rings is 1. The quantitative estimate of drug-likeness (QED) is 0.349. The van der Waals surface area contributed by atoms with E-state index in [9.17, 15) is 24.8 Å². The number of amides is 1. The number of benzene rings is 2. The highest BCUT2D eigenvalue weighted by Gasteiger charge is 2.50. The number of hydrogen-bond acceptors (Lipinski definition) is 5. The molecule has 1 aliphatic rings. The number of likely N-dealkylation sites (tertiary alicyclic amines) is 1. The summed E-state index contributed by atoms with van der Waals surface area (Å²) >= 11 is 0. The molecule has 0 saturated carbocycles. The number of nitrogens with zero attached hydrogens (tertiary/aromatic N) is 2. The van der Waals surface area contributed by atoms with Crippen LogP contribution in [0.5, 0.6) is 0 Å². The van der Waals surface area contributed by atoms with Gasteiger partial charge in [0.15, 0.2) is 0 Å². The molecule has 0 radical (unpaired) electrons. The summed E-state index contributed by atoms with van der Waals surface area (Å²) in [6.07, 6.45) is -0.624. The van der Waals surface area contributed by atoms with Crippen LogP contribution in [0.3, 0.4) is 0 Å². The Kier molecular flexibility index (Phi) is 5.89. The summed E-state index contributed by atoms with van der Waals surface area (Å²) in [6, 6.07) is 11.5. The van der Waals surface area contributed by atoms with E-state index in [1.165, 1.54) is 31.4 Å². The number of methoxy groups -OCH3 is 1. The van der Waals surface area contributed by atoms with Gasteiger partial charge >= 0.3 is 12.1 Å². The summed E-state index contributed by atoms with van der Waals surface area (Å²) in [4.78, 5) is 35.4. The highest BCUT2D eigenvalue weighted by Crippen LogP contribution is 2.40. The molecule has 1 saturated heterocycles. The van der Waals surface area contributed by atoms with Crippen LogP contribution in [0.25, 0.3) is 0 Å². The van der Waals surface area contributed by atoms with Gasteiger partial charge in [0.25, 0.3) is 5.69 Å². The Morgan fingerprint density at radius 1 is 1.10 bits per heavy atom. The molecule has 30 heavy (non-hydrogen) atoms. The number of carbonyl (C=O) groups is 2. The molecule has 3 atom stereocenters. The van der Waals surface area contributed by atoms with Crippen molar-refractivity contribution < 1.29 is 24.4 Å². The first-order valence-electron chi connectivity index (χ1n) is 9.68. The van der Waals surface area contributed by atoms with Crippen LogP contribution < -0.4 is 4.48 Å². The summed E-state index contributed by atoms with van der Waals surface area (Å²) < 4.78 is 4.45. The molecule has 2 aromatic rings. The van der Waals surface area contributed by atoms with Gasteiger partial charge in [-0.25, -0.2) is 0 Å². The minimum Gasteiger partial charge on any atom is -0.469 e. The molecular formula is C22H25N2O6+. The van der Waals surface area contributed by atoms with E-state index in [0.717, 1.165) is 16.7 Å². The van der Waals surface area contributed by atoms with Gasteiger partial charge in [-0.05, 0) is 37.0 Å². The van der Waals surface area contributed by atoms with E-state index in [0.29, 0.717) is 12.1 Å². The van der Waals surface area contributed by atoms with Gasteiger partial charge in [-0.3, -0.25) is 14.9 Å². The van der Waals surface area contributed by atoms with Crippen LogP contribution in [-0.4, -0.2) is 42.3 Å². The second-order valence-electron chi connectivity index (χ2n) is 7.89. The SMILES string of the molecule is COC(=O)C1CC(c2ccc(C)c(C)c2)C[N+](C(=O)O)(c2ccc([N+](=O)[O-])cc2)C1. The van der Waals surface area contributed by atoms with Crippen LogP contribution in [0.2, 0.25) is 0 Å². The number of rotatable bonds is 4. The maximum Gasteiger partial charge on any atom is 0.518 e. The van der Waals surface area contributed by atoms with Crippen LogP contribution in [0.1, 0.15) is 29.0 Å². The lowest BCUT2D eigenvalue weighted by Crippen LogP contribution is -2.62. The van der Waals surface area contributed by atoms with Crippen molar-refractivity contribution in [3.8, 4) is 0 Å². The molecule has 0 aliphatic carbocycles. The molecule has 0 aromatic heterocycles. The predicted molar refractivity (Wildman–Crippen MR) is 111 cm³/mol. The number of non-ortho nitro benzene ring substituents is 1. The van der Waals surface area contributed by atoms with Gasteiger partial charge in [0.2, 0.25) is 0 Å². The van der Waals surface area contributed by atoms with Crippen molar-refractivity contribution in [2.45, 2.75) is 26.2 Å². The average Bonchev–Trinajstić information content (AvgIpc) is 2.74. The Morgan fingerprint density at radius 3 is 2.30 bits per heavy atom. The van der Waals surface area contributed by atoms with E-state index in [4.69, 9.17) is 4.74 Å². The van der Waals surface area contributed by atoms with Crippen molar-refractivity contribution >= 4 is 23.4 Å². The first-order valence-corrected chi connectivity index (χ1v) is 9.68. The van der Waals surface area contributed by atoms with Gasteiger partial charge in [0.05, 0.1) is 12.0 Å². The zero-order valence-electron chi connectivity index (χ0n) is 17.2. The minimum atomic E-state index is -1.11. The first-order chi connectivity index (χ1) is 14.2. The van der Waals surface area contributed by atoms with Gasteiger partial charge in [-0.2, -0.15) is 9.28 Å². The lowest BCUT2D eigenvalue weighted by molar-refractivity contribution is -0.384. The summed E-state index contributed by atoms with van der Waals surface area (Å²) in [5, 5.41) is 21.2. The standard InChI is InChI=1S/C22H24N2O6/c1-14-4-5-16(10-15(14)2)17-11-18(21(25)30-3)13-24(12-17,22(26)27)20-8-6-19(7-9-20)23(28)29/h4-10,17-18H,11-13H2,1-3H3/p+1. The third kappa shape index (κ3) is 3.91. The maximum absolute atomic E-state index is 12.5. The van der Waals surface area contributed by atoms with E-state index in [-0.39, 0.29) is 24.7 Å². The molecule has 0 bridgehead atoms. The fourth-order valence-corrected chi connectivity index (χ4v) is 4.25. The van der Waals surface area contributed by atoms with Crippen molar-refractivity contribution in [1.82, 2.24) is 4.48 Å². The number of esters is 1. The third-order valence-corrected chi connectivity index (χ3v) is 6.09. The van der Waals surface area contributed by atoms with E-state index >= 15 is 0 Å². The number of ether oxygens (including phenoxy) is 1. The van der Waals surface area contributed by atoms with E-state index in [1.54, 1.807) is 0 Å². The maximum atomic E-state index is 12.5. The van der Waals surface area contributed by atoms with Gasteiger partial charge < -0.3 is 9.84 Å². The van der Waals surface area contributed by atoms with Gasteiger partial charge in [0, 0.05) is 30.2 Å². The summed E-state index contributed by atoms with van der Waals surface area (Å²) in [5.41, 5.74) is 3.48. The Hall–Kier alpha value is -3.26. The molecule has 8 heteroatoms. The number of aryl methyl sites for hydroxylation is 2. The predicted octanol–water partition coefficient (Wildman–Crippen LogP) is 4.17. The number of nitro benzene ring substituents is 1.